The van der Waals surface area contributed by atoms with E-state index in [1.54, 1.807) is 0 Å². The second kappa shape index (κ2) is 13.5. The van der Waals surface area contributed by atoms with E-state index in [2.05, 4.69) is 15.0 Å². The van der Waals surface area contributed by atoms with Crippen LogP contribution in [-0.2, 0) is 0 Å². The Bertz CT molecular complexity index is 4900. The molecule has 0 saturated heterocycles. The summed E-state index contributed by atoms with van der Waals surface area (Å²) in [6, 6.07) is -23.6. The van der Waals surface area contributed by atoms with Crippen molar-refractivity contribution >= 4 is 63.0 Å². The minimum atomic E-state index is -1.01. The largest absolute Gasteiger partial charge is 0.208 e. The topological polar surface area (TPSA) is 38.7 Å². The van der Waals surface area contributed by atoms with Gasteiger partial charge in [0.15, 0.2) is 17.5 Å². The van der Waals surface area contributed by atoms with Crippen LogP contribution in [0.15, 0.2) is 187 Å². The zero-order valence-corrected chi connectivity index (χ0v) is 29.4. The molecule has 0 aliphatic heterocycles. The molecule has 3 aromatic heterocycles. The second-order valence-corrected chi connectivity index (χ2v) is 13.7. The number of thiophene rings is 2. The SMILES string of the molecule is [2H]c1cc(-c2c([2H])c([2H])c([2H])c3c2sc2c([2H])c([2H])c([2H])c(-c4nc(-c5c([2H])c([2H])c([2H])c([2H])c5[2H])nc(-c5c([2H])c([2H])c(-c6c([2H])c([2H])c([2H])c([2H])c6[2H])c([2H])c5[2H])n4)c23)c2sc3c([2H])c([2H])c([2H])c([2H])c3c2c1-c1c([2H])c([2H])c([2H])c([2H])c1[2H]. The van der Waals surface area contributed by atoms with E-state index in [1.807, 2.05) is 0 Å². The van der Waals surface area contributed by atoms with Gasteiger partial charge >= 0.3 is 0 Å². The molecule has 0 radical (unpaired) electrons. The molecule has 0 unspecified atom stereocenters. The molecule has 3 heterocycles. The normalized spacial score (nSPS) is 19.1. The molecule has 3 nitrogen and oxygen atoms in total. The molecule has 0 spiro atoms. The van der Waals surface area contributed by atoms with E-state index in [0.29, 0.717) is 22.7 Å². The molecule has 0 atom stereocenters. The first-order valence-electron chi connectivity index (χ1n) is 31.2. The zero-order valence-electron chi connectivity index (χ0n) is 57.7. The van der Waals surface area contributed by atoms with Gasteiger partial charge < -0.3 is 0 Å². The molecule has 11 aromatic rings. The number of nitrogens with zero attached hydrogens (tertiary/aromatic N) is 3. The first-order valence-corrected chi connectivity index (χ1v) is 17.9. The van der Waals surface area contributed by atoms with Crippen LogP contribution in [0.5, 0.6) is 0 Å². The Labute approximate surface area is 374 Å². The Balaban J connectivity index is 1.30. The first-order chi connectivity index (χ1) is 40.2. The van der Waals surface area contributed by atoms with Gasteiger partial charge in [0, 0.05) is 68.2 Å². The van der Waals surface area contributed by atoms with Crippen molar-refractivity contribution in [2.75, 3.05) is 0 Å². The zero-order chi connectivity index (χ0) is 63.1. The van der Waals surface area contributed by atoms with Crippen molar-refractivity contribution in [1.29, 1.82) is 0 Å². The molecule has 0 aliphatic carbocycles. The van der Waals surface area contributed by atoms with Crippen molar-refractivity contribution in [2.45, 2.75) is 0 Å². The van der Waals surface area contributed by atoms with Crippen LogP contribution in [0.1, 0.15) is 41.1 Å². The molecular formula is C51H31N3S2. The number of hydrogen-bond acceptors (Lipinski definition) is 5. The summed E-state index contributed by atoms with van der Waals surface area (Å²) >= 11 is 1.34. The van der Waals surface area contributed by atoms with E-state index in [-0.39, 0.29) is 57.0 Å². The van der Waals surface area contributed by atoms with Crippen LogP contribution in [0, 0.1) is 0 Å². The summed E-state index contributed by atoms with van der Waals surface area (Å²) < 4.78 is 266. The van der Waals surface area contributed by atoms with Crippen molar-refractivity contribution in [3.05, 3.63) is 187 Å². The summed E-state index contributed by atoms with van der Waals surface area (Å²) in [5, 5.41) is -1.17. The van der Waals surface area contributed by atoms with Gasteiger partial charge in [-0.25, -0.2) is 15.0 Å². The number of benzene rings is 8. The van der Waals surface area contributed by atoms with Gasteiger partial charge in [-0.1, -0.05) is 175 Å². The van der Waals surface area contributed by atoms with Crippen LogP contribution in [0.4, 0.5) is 0 Å². The van der Waals surface area contributed by atoms with Gasteiger partial charge in [0.2, 0.25) is 0 Å². The van der Waals surface area contributed by atoms with Crippen LogP contribution < -0.4 is 0 Å². The van der Waals surface area contributed by atoms with Gasteiger partial charge in [0.05, 0.1) is 41.1 Å². The lowest BCUT2D eigenvalue weighted by atomic mass is 9.94. The second-order valence-electron chi connectivity index (χ2n) is 11.7. The molecule has 8 aromatic carbocycles. The van der Waals surface area contributed by atoms with E-state index >= 15 is 0 Å². The van der Waals surface area contributed by atoms with Crippen molar-refractivity contribution in [3.63, 3.8) is 0 Å². The standard InChI is InChI=1S/C51H31N3S2/c1-4-14-32(15-5-1)33-26-28-36(29-27-33)50-52-49(35-18-8-3-9-19-35)53-51(54-50)42-23-13-25-44-45(42)41-22-12-21-38(47(41)56-44)39-31-30-37(34-16-6-2-7-17-34)46-40-20-10-11-24-43(40)55-48(39)46/h1-31H/i1D,2D,3D,4D,5D,6D,7D,8D,9D,10D,11D,12D,13D,14D,15D,16D,17D,18D,19D,20D,21D,22D,23D,24D,25D,26D,27D,28D,29D,30D. The molecule has 56 heavy (non-hydrogen) atoms. The molecule has 0 saturated carbocycles. The van der Waals surface area contributed by atoms with E-state index in [4.69, 9.17) is 30.2 Å². The third-order valence-corrected chi connectivity index (χ3v) is 10.8. The molecule has 0 aliphatic rings. The van der Waals surface area contributed by atoms with Gasteiger partial charge in [0.1, 0.15) is 0 Å². The highest BCUT2D eigenvalue weighted by Crippen LogP contribution is 2.49. The lowest BCUT2D eigenvalue weighted by Gasteiger charge is -2.11. The summed E-state index contributed by atoms with van der Waals surface area (Å²) in [5.41, 5.74) is -4.94. The van der Waals surface area contributed by atoms with Crippen LogP contribution in [-0.4, -0.2) is 15.0 Å². The molecule has 0 fully saturated rings. The summed E-state index contributed by atoms with van der Waals surface area (Å²) in [4.78, 5) is 13.3. The van der Waals surface area contributed by atoms with Gasteiger partial charge in [-0.05, 0) is 34.3 Å². The highest BCUT2D eigenvalue weighted by atomic mass is 32.1. The molecule has 0 amide bonds. The fourth-order valence-corrected chi connectivity index (χ4v) is 8.39. The van der Waals surface area contributed by atoms with Gasteiger partial charge in [0.25, 0.3) is 0 Å². The van der Waals surface area contributed by atoms with Gasteiger partial charge in [-0.2, -0.15) is 0 Å². The number of hydrogen-bond donors (Lipinski definition) is 0. The maximum atomic E-state index is 9.61. The quantitative estimate of drug-likeness (QED) is 0.169. The lowest BCUT2D eigenvalue weighted by molar-refractivity contribution is 1.08. The van der Waals surface area contributed by atoms with Crippen molar-refractivity contribution in [1.82, 2.24) is 15.0 Å². The van der Waals surface area contributed by atoms with Crippen molar-refractivity contribution < 1.29 is 41.1 Å². The minimum absolute atomic E-state index is 0.0641. The van der Waals surface area contributed by atoms with E-state index in [1.165, 1.54) is 0 Å². The Kier molecular flexibility index (Phi) is 3.46. The van der Waals surface area contributed by atoms with E-state index in [0.717, 1.165) is 6.07 Å². The smallest absolute Gasteiger partial charge is 0.164 e. The average molecular weight is 780 g/mol. The van der Waals surface area contributed by atoms with Crippen LogP contribution in [0.3, 0.4) is 0 Å². The van der Waals surface area contributed by atoms with Crippen molar-refractivity contribution in [3.8, 4) is 67.5 Å². The Morgan fingerprint density at radius 2 is 0.839 bits per heavy atom. The Morgan fingerprint density at radius 3 is 1.59 bits per heavy atom. The monoisotopic (exact) mass is 779 g/mol. The van der Waals surface area contributed by atoms with Crippen LogP contribution in [0.2, 0.25) is 0 Å². The molecule has 0 bridgehead atoms. The lowest BCUT2D eigenvalue weighted by Crippen LogP contribution is -2.00. The fourth-order valence-electron chi connectivity index (χ4n) is 6.12. The van der Waals surface area contributed by atoms with Crippen LogP contribution in [0.25, 0.3) is 108 Å². The van der Waals surface area contributed by atoms with Gasteiger partial charge in [-0.3, -0.25) is 0 Å². The summed E-state index contributed by atoms with van der Waals surface area (Å²) in [5.74, 6) is -2.48. The molecule has 5 heteroatoms. The fraction of sp³-hybridized carbons (Fsp3) is 0. The molecule has 0 N–H and O–H groups in total. The highest BCUT2D eigenvalue weighted by Gasteiger charge is 2.21. The number of fused-ring (bicyclic) bond motifs is 6. The maximum absolute atomic E-state index is 9.61. The predicted octanol–water partition coefficient (Wildman–Crippen LogP) is 14.6. The van der Waals surface area contributed by atoms with Gasteiger partial charge in [-0.15, -0.1) is 22.7 Å². The van der Waals surface area contributed by atoms with Crippen molar-refractivity contribution in [2.24, 2.45) is 0 Å². The predicted molar refractivity (Wildman–Crippen MR) is 238 cm³/mol. The molecule has 11 rings (SSSR count). The summed E-state index contributed by atoms with van der Waals surface area (Å²) in [6.45, 7) is 0. The Hall–Kier alpha value is -6.79. The summed E-state index contributed by atoms with van der Waals surface area (Å²) in [6.07, 6.45) is 0. The number of rotatable bonds is 6. The highest BCUT2D eigenvalue weighted by molar-refractivity contribution is 7.27. The minimum Gasteiger partial charge on any atom is -0.208 e. The number of aromatic nitrogens is 3. The molecule has 262 valence electrons. The third kappa shape index (κ3) is 5.51. The van der Waals surface area contributed by atoms with Crippen LogP contribution >= 0.6 is 22.7 Å². The third-order valence-electron chi connectivity index (χ3n) is 8.51. The summed E-state index contributed by atoms with van der Waals surface area (Å²) in [7, 11) is 0. The average Bonchev–Trinajstić information content (AvgIpc) is 1.51. The maximum Gasteiger partial charge on any atom is 0.164 e. The Morgan fingerprint density at radius 1 is 0.321 bits per heavy atom. The van der Waals surface area contributed by atoms with E-state index < -0.39 is 232 Å². The first kappa shape index (κ1) is 14.4. The molecular weight excluding hydrogens is 719 g/mol. The van der Waals surface area contributed by atoms with E-state index in [9.17, 15) is 11.0 Å².